The second-order valence-electron chi connectivity index (χ2n) is 6.08. The summed E-state index contributed by atoms with van der Waals surface area (Å²) in [4.78, 5) is 0. The quantitative estimate of drug-likeness (QED) is 0.907. The Bertz CT molecular complexity index is 406. The number of aromatic nitrogens is 3. The molecule has 2 heterocycles. The van der Waals surface area contributed by atoms with Gasteiger partial charge in [-0.15, -0.1) is 10.2 Å². The van der Waals surface area contributed by atoms with Crippen molar-refractivity contribution in [1.82, 2.24) is 20.1 Å². The van der Waals surface area contributed by atoms with Crippen LogP contribution in [0.2, 0.25) is 0 Å². The van der Waals surface area contributed by atoms with Gasteiger partial charge in [0.1, 0.15) is 11.6 Å². The molecule has 1 aromatic rings. The number of aryl methyl sites for hydroxylation is 1. The zero-order chi connectivity index (χ0) is 13.1. The zero-order valence-electron chi connectivity index (χ0n) is 12.1. The largest absolute Gasteiger partial charge is 0.312 e. The van der Waals surface area contributed by atoms with Gasteiger partial charge in [-0.3, -0.25) is 0 Å². The van der Waals surface area contributed by atoms with Crippen molar-refractivity contribution in [2.75, 3.05) is 6.54 Å². The van der Waals surface area contributed by atoms with E-state index in [2.05, 4.69) is 27.0 Å². The number of hydrogen-bond donors (Lipinski definition) is 1. The lowest BCUT2D eigenvalue weighted by atomic mass is 9.86. The van der Waals surface area contributed by atoms with Gasteiger partial charge in [0.25, 0.3) is 0 Å². The van der Waals surface area contributed by atoms with Gasteiger partial charge in [0, 0.05) is 19.5 Å². The maximum Gasteiger partial charge on any atom is 0.150 e. The third-order valence-electron chi connectivity index (χ3n) is 4.80. The molecule has 0 amide bonds. The van der Waals surface area contributed by atoms with Crippen LogP contribution in [0.5, 0.6) is 0 Å². The highest BCUT2D eigenvalue weighted by molar-refractivity contribution is 5.04. The normalized spacial score (nSPS) is 24.4. The van der Waals surface area contributed by atoms with Gasteiger partial charge in [-0.25, -0.2) is 0 Å². The van der Waals surface area contributed by atoms with Crippen molar-refractivity contribution in [1.29, 1.82) is 0 Å². The number of nitrogens with zero attached hydrogens (tertiary/aromatic N) is 3. The number of fused-ring (bicyclic) bond motifs is 1. The molecule has 1 saturated carbocycles. The SMILES string of the molecule is CCC1NCCn2c(CCC3CCCCC3)nnc21. The van der Waals surface area contributed by atoms with E-state index < -0.39 is 0 Å². The molecule has 1 N–H and O–H groups in total. The first-order chi connectivity index (χ1) is 9.38. The lowest BCUT2D eigenvalue weighted by Gasteiger charge is -2.25. The lowest BCUT2D eigenvalue weighted by molar-refractivity contribution is 0.333. The molecule has 1 aliphatic carbocycles. The molecule has 1 aromatic heterocycles. The Morgan fingerprint density at radius 3 is 2.84 bits per heavy atom. The predicted octanol–water partition coefficient (Wildman–Crippen LogP) is 2.85. The zero-order valence-corrected chi connectivity index (χ0v) is 12.1. The van der Waals surface area contributed by atoms with Crippen LogP contribution >= 0.6 is 0 Å². The molecule has 0 radical (unpaired) electrons. The molecule has 1 aliphatic heterocycles. The fourth-order valence-electron chi connectivity index (χ4n) is 3.61. The van der Waals surface area contributed by atoms with E-state index in [9.17, 15) is 0 Å². The number of nitrogens with one attached hydrogen (secondary N) is 1. The minimum atomic E-state index is 0.407. The van der Waals surface area contributed by atoms with Crippen LogP contribution in [0, 0.1) is 5.92 Å². The summed E-state index contributed by atoms with van der Waals surface area (Å²) in [5.41, 5.74) is 0. The highest BCUT2D eigenvalue weighted by Gasteiger charge is 2.23. The van der Waals surface area contributed by atoms with E-state index >= 15 is 0 Å². The van der Waals surface area contributed by atoms with Crippen LogP contribution < -0.4 is 5.32 Å². The molecule has 4 nitrogen and oxygen atoms in total. The molecule has 4 heteroatoms. The summed E-state index contributed by atoms with van der Waals surface area (Å²) in [6, 6.07) is 0.407. The average Bonchev–Trinajstić information content (AvgIpc) is 2.89. The van der Waals surface area contributed by atoms with Gasteiger partial charge in [-0.1, -0.05) is 39.0 Å². The van der Waals surface area contributed by atoms with Crippen molar-refractivity contribution < 1.29 is 0 Å². The Morgan fingerprint density at radius 1 is 1.21 bits per heavy atom. The van der Waals surface area contributed by atoms with Gasteiger partial charge in [-0.2, -0.15) is 0 Å². The predicted molar refractivity (Wildman–Crippen MR) is 76.0 cm³/mol. The fourth-order valence-corrected chi connectivity index (χ4v) is 3.61. The van der Waals surface area contributed by atoms with Crippen LogP contribution in [0.25, 0.3) is 0 Å². The average molecular weight is 262 g/mol. The molecular weight excluding hydrogens is 236 g/mol. The van der Waals surface area contributed by atoms with Crippen molar-refractivity contribution >= 4 is 0 Å². The molecule has 2 aliphatic rings. The first-order valence-corrected chi connectivity index (χ1v) is 8.04. The lowest BCUT2D eigenvalue weighted by Crippen LogP contribution is -2.34. The van der Waals surface area contributed by atoms with Crippen molar-refractivity contribution in [3.8, 4) is 0 Å². The number of rotatable bonds is 4. The Labute approximate surface area is 116 Å². The summed E-state index contributed by atoms with van der Waals surface area (Å²) < 4.78 is 2.37. The second-order valence-corrected chi connectivity index (χ2v) is 6.08. The van der Waals surface area contributed by atoms with E-state index in [4.69, 9.17) is 0 Å². The van der Waals surface area contributed by atoms with Gasteiger partial charge in [-0.05, 0) is 18.8 Å². The molecule has 0 bridgehead atoms. The molecule has 19 heavy (non-hydrogen) atoms. The third kappa shape index (κ3) is 2.83. The molecule has 0 aromatic carbocycles. The standard InChI is InChI=1S/C15H26N4/c1-2-13-15-18-17-14(19(15)11-10-16-13)9-8-12-6-4-3-5-7-12/h12-13,16H,2-11H2,1H3. The molecule has 0 spiro atoms. The first-order valence-electron chi connectivity index (χ1n) is 8.04. The molecular formula is C15H26N4. The van der Waals surface area contributed by atoms with Crippen LogP contribution in [-0.2, 0) is 13.0 Å². The summed E-state index contributed by atoms with van der Waals surface area (Å²) in [5.74, 6) is 3.32. The minimum absolute atomic E-state index is 0.407. The first kappa shape index (κ1) is 13.1. The van der Waals surface area contributed by atoms with Crippen molar-refractivity contribution in [3.63, 3.8) is 0 Å². The summed E-state index contributed by atoms with van der Waals surface area (Å²) in [6.07, 6.45) is 10.7. The van der Waals surface area contributed by atoms with Crippen molar-refractivity contribution in [2.45, 2.75) is 70.9 Å². The number of hydrogen-bond acceptors (Lipinski definition) is 3. The van der Waals surface area contributed by atoms with Gasteiger partial charge in [0.2, 0.25) is 0 Å². The Hall–Kier alpha value is -0.900. The van der Waals surface area contributed by atoms with E-state index in [0.29, 0.717) is 6.04 Å². The minimum Gasteiger partial charge on any atom is -0.312 e. The fraction of sp³-hybridized carbons (Fsp3) is 0.867. The monoisotopic (exact) mass is 262 g/mol. The molecule has 0 saturated heterocycles. The summed E-state index contributed by atoms with van der Waals surface area (Å²) in [7, 11) is 0. The molecule has 106 valence electrons. The Kier molecular flexibility index (Phi) is 4.16. The van der Waals surface area contributed by atoms with E-state index in [1.165, 1.54) is 44.3 Å². The van der Waals surface area contributed by atoms with Gasteiger partial charge >= 0.3 is 0 Å². The molecule has 1 unspecified atom stereocenters. The van der Waals surface area contributed by atoms with Gasteiger partial charge in [0.05, 0.1) is 6.04 Å². The Balaban J connectivity index is 1.63. The van der Waals surface area contributed by atoms with Gasteiger partial charge in [0.15, 0.2) is 0 Å². The van der Waals surface area contributed by atoms with Gasteiger partial charge < -0.3 is 9.88 Å². The summed E-state index contributed by atoms with van der Waals surface area (Å²) in [5, 5.41) is 12.4. The van der Waals surface area contributed by atoms with E-state index in [0.717, 1.165) is 37.7 Å². The van der Waals surface area contributed by atoms with Crippen LogP contribution in [0.3, 0.4) is 0 Å². The van der Waals surface area contributed by atoms with E-state index in [-0.39, 0.29) is 0 Å². The van der Waals surface area contributed by atoms with Crippen molar-refractivity contribution in [3.05, 3.63) is 11.6 Å². The molecule has 3 rings (SSSR count). The van der Waals surface area contributed by atoms with Crippen LogP contribution in [0.1, 0.15) is 69.6 Å². The molecule has 1 atom stereocenters. The summed E-state index contributed by atoms with van der Waals surface area (Å²) >= 11 is 0. The van der Waals surface area contributed by atoms with E-state index in [1.807, 2.05) is 0 Å². The van der Waals surface area contributed by atoms with Crippen molar-refractivity contribution in [2.24, 2.45) is 5.92 Å². The third-order valence-corrected chi connectivity index (χ3v) is 4.80. The highest BCUT2D eigenvalue weighted by Crippen LogP contribution is 2.28. The topological polar surface area (TPSA) is 42.7 Å². The Morgan fingerprint density at radius 2 is 2.05 bits per heavy atom. The molecule has 1 fully saturated rings. The van der Waals surface area contributed by atoms with Crippen LogP contribution in [0.4, 0.5) is 0 Å². The maximum atomic E-state index is 4.45. The second kappa shape index (κ2) is 6.04. The maximum absolute atomic E-state index is 4.45. The summed E-state index contributed by atoms with van der Waals surface area (Å²) in [6.45, 7) is 4.31. The highest BCUT2D eigenvalue weighted by atomic mass is 15.3. The van der Waals surface area contributed by atoms with E-state index in [1.54, 1.807) is 0 Å². The smallest absolute Gasteiger partial charge is 0.150 e. The van der Waals surface area contributed by atoms with Crippen LogP contribution in [0.15, 0.2) is 0 Å². The van der Waals surface area contributed by atoms with Crippen LogP contribution in [-0.4, -0.2) is 21.3 Å².